The molecule has 0 bridgehead atoms. The van der Waals surface area contributed by atoms with Gasteiger partial charge in [-0.3, -0.25) is 4.21 Å². The molecule has 0 spiro atoms. The Kier molecular flexibility index (Phi) is 30.8. The molecule has 1 aromatic carbocycles. The van der Waals surface area contributed by atoms with Crippen LogP contribution in [0.4, 0.5) is 0 Å². The quantitative estimate of drug-likeness (QED) is 0.0334. The zero-order valence-corrected chi connectivity index (χ0v) is 76.7. The van der Waals surface area contributed by atoms with Crippen LogP contribution in [0, 0.1) is 11.8 Å². The van der Waals surface area contributed by atoms with Gasteiger partial charge in [-0.2, -0.15) is 0 Å². The van der Waals surface area contributed by atoms with E-state index < -0.39 is 107 Å². The van der Waals surface area contributed by atoms with Gasteiger partial charge in [-0.25, -0.2) is 0 Å². The molecule has 0 aromatic heterocycles. The topological polar surface area (TPSA) is 171 Å². The van der Waals surface area contributed by atoms with Crippen LogP contribution in [0.1, 0.15) is 218 Å². The lowest BCUT2D eigenvalue weighted by atomic mass is 9.76. The molecule has 19 atom stereocenters. The van der Waals surface area contributed by atoms with Gasteiger partial charge in [0.2, 0.25) is 0 Å². The van der Waals surface area contributed by atoms with Gasteiger partial charge in [-0.05, 0) is 217 Å². The number of aryl methyl sites for hydroxylation is 1. The van der Waals surface area contributed by atoms with Crippen molar-refractivity contribution in [3.05, 3.63) is 63.8 Å². The van der Waals surface area contributed by atoms with Crippen molar-refractivity contribution in [3.8, 4) is 0 Å². The molecule has 15 nitrogen and oxygen atoms in total. The third kappa shape index (κ3) is 22.6. The number of aliphatic hydroxyl groups excluding tert-OH is 1. The highest BCUT2D eigenvalue weighted by atomic mass is 127. The highest BCUT2D eigenvalue weighted by Crippen LogP contribution is 2.51. The molecule has 588 valence electrons. The first-order valence-corrected chi connectivity index (χ1v) is 56.0. The van der Waals surface area contributed by atoms with E-state index in [4.69, 9.17) is 61.9 Å². The number of rotatable bonds is 30. The Morgan fingerprint density at radius 3 is 1.78 bits per heavy atom. The first kappa shape index (κ1) is 89.1. The third-order valence-corrected chi connectivity index (χ3v) is 49.8. The van der Waals surface area contributed by atoms with Gasteiger partial charge in [0.15, 0.2) is 47.9 Å². The van der Waals surface area contributed by atoms with Crippen molar-refractivity contribution in [1.29, 1.82) is 0 Å². The molecule has 6 heterocycles. The zero-order valence-electron chi connectivity index (χ0n) is 68.7. The molecule has 6 aliphatic rings. The number of aliphatic hydroxyl groups is 1. The summed E-state index contributed by atoms with van der Waals surface area (Å²) in [5, 5.41) is 13.5. The van der Waals surface area contributed by atoms with Crippen LogP contribution in [0.25, 0.3) is 0 Å². The fourth-order valence-corrected chi connectivity index (χ4v) is 21.6. The first-order chi connectivity index (χ1) is 46.8. The second kappa shape index (κ2) is 35.3. The molecule has 7 rings (SSSR count). The molecular weight excluding hydrogens is 1500 g/mol. The first-order valence-electron chi connectivity index (χ1n) is 39.2. The smallest absolute Gasteiger partial charge is 0.193 e. The number of halogens is 1. The normalized spacial score (nSPS) is 30.6. The number of ether oxygens (including phenoxy) is 7. The maximum Gasteiger partial charge on any atom is 0.193 e. The van der Waals surface area contributed by atoms with E-state index >= 15 is 0 Å². The molecule has 102 heavy (non-hydrogen) atoms. The average Bonchev–Trinajstić information content (AvgIpc) is 0.831. The molecule has 0 radical (unpaired) electrons. The van der Waals surface area contributed by atoms with Crippen molar-refractivity contribution in [2.24, 2.45) is 11.8 Å². The van der Waals surface area contributed by atoms with Crippen LogP contribution in [0.15, 0.2) is 57.6 Å². The summed E-state index contributed by atoms with van der Waals surface area (Å²) in [6, 6.07) is 5.43. The standard InChI is InChI=1S/C80H145IO15SSi5/c1-30-55-32-35-61(97(83)84)49-62(55)71(65-37-38-66-72(91-65)74(95-101(26,27)79(14,15)16)75(96-102(28,29)80(17,18)19)73(92-66)67(40-41-81)94-100(24,25)78(11,12)13)63(82)47-56-46-59(48-60(93-99(22,23)77(8,9)10)51-87-98(20,21)76(5,6)7)90-69(56)50-68-54(4)52(2)44-57(89-68)33-36-64-53(3)45-58(88-64)34-39-70-85-42-31-43-86-70/h32,35,40-41,49,54,56-60,63-75,82H,2-3,30-31,33-34,36-39,42-48,50-51H2,1,4-29H3,(H,83,84)/p-1/b41-40+/t54?,56-,57-,58-,59-,60-,63?,64-,65+,66-,67?,68+,69-,71?,72?,73?,74?,75?/m0/s1. The van der Waals surface area contributed by atoms with E-state index in [2.05, 4.69) is 223 Å². The summed E-state index contributed by atoms with van der Waals surface area (Å²) in [5.41, 5.74) is 4.06. The molecule has 0 aliphatic carbocycles. The van der Waals surface area contributed by atoms with Crippen molar-refractivity contribution in [3.63, 3.8) is 0 Å². The highest BCUT2D eigenvalue weighted by Gasteiger charge is 2.59. The van der Waals surface area contributed by atoms with Crippen molar-refractivity contribution in [2.75, 3.05) is 19.8 Å². The maximum absolute atomic E-state index is 14.0. The predicted molar refractivity (Wildman–Crippen MR) is 436 cm³/mol. The predicted octanol–water partition coefficient (Wildman–Crippen LogP) is 20.1. The van der Waals surface area contributed by atoms with E-state index in [9.17, 15) is 13.9 Å². The van der Waals surface area contributed by atoms with E-state index in [0.717, 1.165) is 74.9 Å². The third-order valence-electron chi connectivity index (χ3n) is 26.3. The molecule has 1 aromatic rings. The van der Waals surface area contributed by atoms with E-state index in [-0.39, 0.29) is 90.9 Å². The molecule has 0 saturated carbocycles. The molecule has 22 heteroatoms. The summed E-state index contributed by atoms with van der Waals surface area (Å²) in [5.74, 6) is -0.738. The van der Waals surface area contributed by atoms with Gasteiger partial charge in [0.1, 0.15) is 24.4 Å². The zero-order chi connectivity index (χ0) is 76.5. The minimum absolute atomic E-state index is 0.00292. The summed E-state index contributed by atoms with van der Waals surface area (Å²) < 4.78 is 115. The van der Waals surface area contributed by atoms with E-state index in [0.29, 0.717) is 51.6 Å². The van der Waals surface area contributed by atoms with Crippen LogP contribution < -0.4 is 0 Å². The number of fused-ring (bicyclic) bond motifs is 1. The van der Waals surface area contributed by atoms with E-state index in [1.807, 2.05) is 6.07 Å². The Morgan fingerprint density at radius 2 is 1.22 bits per heavy atom. The van der Waals surface area contributed by atoms with Gasteiger partial charge in [-0.15, -0.1) is 0 Å². The van der Waals surface area contributed by atoms with Crippen LogP contribution in [0.2, 0.25) is 90.7 Å². The molecular formula is C80H144IO15SSi5-. The van der Waals surface area contributed by atoms with Crippen molar-refractivity contribution >= 4 is 75.3 Å². The van der Waals surface area contributed by atoms with Crippen LogP contribution in [0.3, 0.4) is 0 Å². The lowest BCUT2D eigenvalue weighted by Crippen LogP contribution is -2.69. The number of hydrogen-bond donors (Lipinski definition) is 1. The molecule has 6 fully saturated rings. The summed E-state index contributed by atoms with van der Waals surface area (Å²) in [6.07, 6.45) is 6.12. The SMILES string of the molecule is C=C1C[C@H](CC[C@@H]2O[C@@H](CCC3OCCCO3)CC2=C)O[C@H](C[C@@H]2O[C@H](C[C@@H](CO[Si](C)(C)C(C)(C)C)O[Si](C)(C)C(C)(C)C)C[C@H]2CC(O)C(c2cc(S(=O)[O-])ccc2CC)[C@H]2CC[C@@H]3OC(C(/C=C/I)O[Si](C)(C)C(C)(C)C)C(O[Si](C)(C)C(C)(C)C)C(O[Si](C)(C)C(C)(C)C)C3O2)C1C. The Labute approximate surface area is 642 Å². The molecule has 1 N–H and O–H groups in total. The molecule has 6 aliphatic heterocycles. The second-order valence-corrected chi connectivity index (χ2v) is 64.5. The number of benzene rings is 1. The van der Waals surface area contributed by atoms with Gasteiger partial charge in [0.25, 0.3) is 0 Å². The van der Waals surface area contributed by atoms with Crippen molar-refractivity contribution < 1.29 is 69.2 Å². The average molecular weight is 1650 g/mol. The minimum atomic E-state index is -2.64. The Morgan fingerprint density at radius 1 is 0.667 bits per heavy atom. The minimum Gasteiger partial charge on any atom is -0.768 e. The summed E-state index contributed by atoms with van der Waals surface area (Å²) in [7, 11) is -12.2. The van der Waals surface area contributed by atoms with Gasteiger partial charge >= 0.3 is 0 Å². The van der Waals surface area contributed by atoms with E-state index in [1.165, 1.54) is 5.57 Å². The molecule has 6 saturated heterocycles. The van der Waals surface area contributed by atoms with Crippen LogP contribution in [-0.4, -0.2) is 173 Å². The Bertz CT molecular complexity index is 2940. The summed E-state index contributed by atoms with van der Waals surface area (Å²) >= 11 is -0.226. The van der Waals surface area contributed by atoms with Crippen LogP contribution in [-0.2, 0) is 72.8 Å². The Hall–Kier alpha value is -0.156. The molecule has 9 unspecified atom stereocenters. The van der Waals surface area contributed by atoms with Gasteiger partial charge in [-0.1, -0.05) is 165 Å². The van der Waals surface area contributed by atoms with Crippen molar-refractivity contribution in [1.82, 2.24) is 0 Å². The van der Waals surface area contributed by atoms with Gasteiger partial charge in [0, 0.05) is 36.0 Å². The van der Waals surface area contributed by atoms with Gasteiger partial charge < -0.3 is 64.9 Å². The summed E-state index contributed by atoms with van der Waals surface area (Å²) in [6.45, 7) is 72.9. The number of hydrogen-bond acceptors (Lipinski definition) is 15. The fourth-order valence-electron chi connectivity index (χ4n) is 14.5. The lowest BCUT2D eigenvalue weighted by molar-refractivity contribution is -0.270. The highest BCUT2D eigenvalue weighted by molar-refractivity contribution is 14.1. The molecule has 0 amide bonds. The lowest BCUT2D eigenvalue weighted by Gasteiger charge is -2.56. The monoisotopic (exact) mass is 1640 g/mol. The largest absolute Gasteiger partial charge is 0.768 e. The van der Waals surface area contributed by atoms with Crippen LogP contribution >= 0.6 is 22.6 Å². The van der Waals surface area contributed by atoms with E-state index in [1.54, 1.807) is 12.1 Å². The summed E-state index contributed by atoms with van der Waals surface area (Å²) in [4.78, 5) is 0.173. The maximum atomic E-state index is 14.0. The van der Waals surface area contributed by atoms with Gasteiger partial charge in [0.05, 0.1) is 87.0 Å². The fraction of sp³-hybridized carbons (Fsp3) is 0.850. The Balaban J connectivity index is 1.29. The van der Waals surface area contributed by atoms with Crippen molar-refractivity contribution in [2.45, 2.75) is 407 Å². The van der Waals surface area contributed by atoms with Crippen LogP contribution in [0.5, 0.6) is 0 Å². The second-order valence-electron chi connectivity index (χ2n) is 39.1.